The van der Waals surface area contributed by atoms with Crippen molar-refractivity contribution in [3.05, 3.63) is 0 Å². The van der Waals surface area contributed by atoms with Gasteiger partial charge >= 0.3 is 0 Å². The van der Waals surface area contributed by atoms with Crippen molar-refractivity contribution >= 4 is 5.91 Å². The van der Waals surface area contributed by atoms with Crippen molar-refractivity contribution in [3.8, 4) is 0 Å². The van der Waals surface area contributed by atoms with Crippen LogP contribution in [0.2, 0.25) is 0 Å². The lowest BCUT2D eigenvalue weighted by Gasteiger charge is -2.15. The third-order valence-electron chi connectivity index (χ3n) is 3.32. The Morgan fingerprint density at radius 3 is 2.80 bits per heavy atom. The fourth-order valence-corrected chi connectivity index (χ4v) is 2.21. The molecule has 1 fully saturated rings. The van der Waals surface area contributed by atoms with Gasteiger partial charge in [-0.15, -0.1) is 0 Å². The van der Waals surface area contributed by atoms with Gasteiger partial charge in [0.2, 0.25) is 5.91 Å². The van der Waals surface area contributed by atoms with Crippen LogP contribution in [0.4, 0.5) is 0 Å². The zero-order valence-corrected chi connectivity index (χ0v) is 10.0. The van der Waals surface area contributed by atoms with Gasteiger partial charge in [-0.2, -0.15) is 0 Å². The van der Waals surface area contributed by atoms with Crippen molar-refractivity contribution in [2.45, 2.75) is 51.5 Å². The molecule has 2 unspecified atom stereocenters. The Morgan fingerprint density at radius 1 is 1.27 bits per heavy atom. The lowest BCUT2D eigenvalue weighted by molar-refractivity contribution is -0.120. The largest absolute Gasteiger partial charge is 0.359 e. The zero-order valence-electron chi connectivity index (χ0n) is 10.0. The summed E-state index contributed by atoms with van der Waals surface area (Å²) in [6.07, 6.45) is 7.18. The molecule has 1 rings (SSSR count). The van der Waals surface area contributed by atoms with Crippen LogP contribution < -0.4 is 10.6 Å². The molecule has 1 saturated carbocycles. The third-order valence-corrected chi connectivity index (χ3v) is 3.32. The van der Waals surface area contributed by atoms with Gasteiger partial charge < -0.3 is 10.6 Å². The van der Waals surface area contributed by atoms with Gasteiger partial charge in [-0.05, 0) is 25.2 Å². The van der Waals surface area contributed by atoms with Gasteiger partial charge in [-0.25, -0.2) is 0 Å². The van der Waals surface area contributed by atoms with Gasteiger partial charge in [0.15, 0.2) is 0 Å². The summed E-state index contributed by atoms with van der Waals surface area (Å²) in [5.41, 5.74) is 0. The summed E-state index contributed by atoms with van der Waals surface area (Å²) >= 11 is 0. The molecule has 0 radical (unpaired) electrons. The molecule has 1 aliphatic carbocycles. The number of amides is 1. The summed E-state index contributed by atoms with van der Waals surface area (Å²) < 4.78 is 0. The molecule has 15 heavy (non-hydrogen) atoms. The van der Waals surface area contributed by atoms with Crippen molar-refractivity contribution < 1.29 is 4.79 Å². The highest BCUT2D eigenvalue weighted by molar-refractivity contribution is 5.75. The first kappa shape index (κ1) is 12.5. The number of hydrogen-bond acceptors (Lipinski definition) is 2. The standard InChI is InChI=1S/C12H24N2O/c1-10-4-3-5-11(7-6-10)14-9-8-12(15)13-2/h10-11,14H,3-9H2,1-2H3,(H,13,15). The highest BCUT2D eigenvalue weighted by atomic mass is 16.1. The summed E-state index contributed by atoms with van der Waals surface area (Å²) in [6, 6.07) is 0.639. The van der Waals surface area contributed by atoms with Crippen LogP contribution in [0.25, 0.3) is 0 Å². The van der Waals surface area contributed by atoms with E-state index in [4.69, 9.17) is 0 Å². The van der Waals surface area contributed by atoms with Crippen molar-refractivity contribution in [1.82, 2.24) is 10.6 Å². The van der Waals surface area contributed by atoms with Crippen molar-refractivity contribution in [1.29, 1.82) is 0 Å². The topological polar surface area (TPSA) is 41.1 Å². The van der Waals surface area contributed by atoms with E-state index in [1.165, 1.54) is 32.1 Å². The van der Waals surface area contributed by atoms with E-state index in [2.05, 4.69) is 17.6 Å². The Hall–Kier alpha value is -0.570. The van der Waals surface area contributed by atoms with Crippen LogP contribution in [0.5, 0.6) is 0 Å². The predicted octanol–water partition coefficient (Wildman–Crippen LogP) is 1.68. The van der Waals surface area contributed by atoms with Crippen LogP contribution in [0.1, 0.15) is 45.4 Å². The highest BCUT2D eigenvalue weighted by Crippen LogP contribution is 2.22. The molecule has 0 saturated heterocycles. The number of hydrogen-bond donors (Lipinski definition) is 2. The predicted molar refractivity (Wildman–Crippen MR) is 62.7 cm³/mol. The maximum atomic E-state index is 11.0. The summed E-state index contributed by atoms with van der Waals surface area (Å²) in [5, 5.41) is 6.13. The van der Waals surface area contributed by atoms with Gasteiger partial charge in [0.05, 0.1) is 0 Å². The molecular weight excluding hydrogens is 188 g/mol. The molecule has 0 aromatic carbocycles. The second-order valence-corrected chi connectivity index (χ2v) is 4.69. The maximum Gasteiger partial charge on any atom is 0.221 e. The number of rotatable bonds is 4. The van der Waals surface area contributed by atoms with E-state index >= 15 is 0 Å². The van der Waals surface area contributed by atoms with Crippen molar-refractivity contribution in [2.24, 2.45) is 5.92 Å². The van der Waals surface area contributed by atoms with Gasteiger partial charge in [0, 0.05) is 26.1 Å². The maximum absolute atomic E-state index is 11.0. The SMILES string of the molecule is CNC(=O)CCNC1CCCC(C)CC1. The molecule has 0 aliphatic heterocycles. The van der Waals surface area contributed by atoms with E-state index in [9.17, 15) is 4.79 Å². The molecule has 0 bridgehead atoms. The second kappa shape index (κ2) is 6.83. The Kier molecular flexibility index (Phi) is 5.69. The summed E-state index contributed by atoms with van der Waals surface area (Å²) in [6.45, 7) is 3.16. The van der Waals surface area contributed by atoms with Gasteiger partial charge in [-0.1, -0.05) is 19.8 Å². The molecule has 1 aliphatic rings. The second-order valence-electron chi connectivity index (χ2n) is 4.69. The minimum atomic E-state index is 0.129. The smallest absolute Gasteiger partial charge is 0.221 e. The first-order valence-electron chi connectivity index (χ1n) is 6.16. The van der Waals surface area contributed by atoms with Gasteiger partial charge in [-0.3, -0.25) is 4.79 Å². The average molecular weight is 212 g/mol. The Balaban J connectivity index is 2.12. The van der Waals surface area contributed by atoms with Crippen LogP contribution in [0.15, 0.2) is 0 Å². The van der Waals surface area contributed by atoms with E-state index in [0.717, 1.165) is 12.5 Å². The van der Waals surface area contributed by atoms with E-state index in [-0.39, 0.29) is 5.91 Å². The van der Waals surface area contributed by atoms with Gasteiger partial charge in [0.25, 0.3) is 0 Å². The Bertz CT molecular complexity index is 194. The van der Waals surface area contributed by atoms with Crippen molar-refractivity contribution in [2.75, 3.05) is 13.6 Å². The molecule has 0 spiro atoms. The molecule has 3 heteroatoms. The third kappa shape index (κ3) is 5.17. The van der Waals surface area contributed by atoms with Gasteiger partial charge in [0.1, 0.15) is 0 Å². The lowest BCUT2D eigenvalue weighted by atomic mass is 10.0. The van der Waals surface area contributed by atoms with E-state index < -0.39 is 0 Å². The molecule has 3 nitrogen and oxygen atoms in total. The fourth-order valence-electron chi connectivity index (χ4n) is 2.21. The number of nitrogens with one attached hydrogen (secondary N) is 2. The molecule has 2 N–H and O–H groups in total. The molecule has 1 amide bonds. The molecule has 0 aromatic rings. The Labute approximate surface area is 93.0 Å². The first-order chi connectivity index (χ1) is 7.22. The van der Waals surface area contributed by atoms with Crippen LogP contribution in [-0.2, 0) is 4.79 Å². The van der Waals surface area contributed by atoms with E-state index in [0.29, 0.717) is 12.5 Å². The zero-order chi connectivity index (χ0) is 11.1. The van der Waals surface area contributed by atoms with Crippen molar-refractivity contribution in [3.63, 3.8) is 0 Å². The van der Waals surface area contributed by atoms with E-state index in [1.54, 1.807) is 7.05 Å². The highest BCUT2D eigenvalue weighted by Gasteiger charge is 2.15. The van der Waals surface area contributed by atoms with Crippen LogP contribution in [-0.4, -0.2) is 25.5 Å². The molecule has 2 atom stereocenters. The molecule has 0 heterocycles. The Morgan fingerprint density at radius 2 is 2.07 bits per heavy atom. The number of carbonyl (C=O) groups is 1. The molecule has 0 aromatic heterocycles. The normalized spacial score (nSPS) is 27.1. The lowest BCUT2D eigenvalue weighted by Crippen LogP contribution is -2.32. The number of carbonyl (C=O) groups excluding carboxylic acids is 1. The quantitative estimate of drug-likeness (QED) is 0.696. The van der Waals surface area contributed by atoms with Crippen LogP contribution >= 0.6 is 0 Å². The summed E-state index contributed by atoms with van der Waals surface area (Å²) in [7, 11) is 1.69. The minimum Gasteiger partial charge on any atom is -0.359 e. The van der Waals surface area contributed by atoms with E-state index in [1.807, 2.05) is 0 Å². The molecule has 88 valence electrons. The first-order valence-corrected chi connectivity index (χ1v) is 6.16. The molecular formula is C12H24N2O. The monoisotopic (exact) mass is 212 g/mol. The average Bonchev–Trinajstić information content (AvgIpc) is 2.43. The summed E-state index contributed by atoms with van der Waals surface area (Å²) in [5.74, 6) is 1.01. The van der Waals surface area contributed by atoms with Crippen LogP contribution in [0.3, 0.4) is 0 Å². The summed E-state index contributed by atoms with van der Waals surface area (Å²) in [4.78, 5) is 11.0. The minimum absolute atomic E-state index is 0.129. The van der Waals surface area contributed by atoms with Crippen LogP contribution in [0, 0.1) is 5.92 Å². The fraction of sp³-hybridized carbons (Fsp3) is 0.917.